The summed E-state index contributed by atoms with van der Waals surface area (Å²) in [6.07, 6.45) is 87.2. The van der Waals surface area contributed by atoms with Crippen molar-refractivity contribution in [3.8, 4) is 0 Å². The first kappa shape index (κ1) is 80.2. The predicted molar refractivity (Wildman–Crippen MR) is 358 cm³/mol. The molecular weight excluding hydrogens is 1010 g/mol. The molecule has 82 heavy (non-hydrogen) atoms. The highest BCUT2D eigenvalue weighted by Gasteiger charge is 2.20. The van der Waals surface area contributed by atoms with Crippen LogP contribution in [0.15, 0.2) is 12.2 Å². The molecule has 0 amide bonds. The molecule has 0 aliphatic rings. The third kappa shape index (κ3) is 68.9. The largest absolute Gasteiger partial charge is 0.462 e. The van der Waals surface area contributed by atoms with E-state index in [9.17, 15) is 14.4 Å². The average Bonchev–Trinajstić information content (AvgIpc) is 3.48. The molecule has 0 rings (SSSR count). The van der Waals surface area contributed by atoms with Gasteiger partial charge in [0.1, 0.15) is 13.2 Å². The van der Waals surface area contributed by atoms with Gasteiger partial charge in [-0.2, -0.15) is 0 Å². The molecule has 0 heterocycles. The fourth-order valence-corrected chi connectivity index (χ4v) is 11.9. The number of esters is 3. The molecule has 6 heteroatoms. The maximum Gasteiger partial charge on any atom is 0.306 e. The minimum absolute atomic E-state index is 0.0635. The lowest BCUT2D eigenvalue weighted by molar-refractivity contribution is -0.167. The summed E-state index contributed by atoms with van der Waals surface area (Å²) in [6, 6.07) is 0. The van der Waals surface area contributed by atoms with Crippen LogP contribution in [0.25, 0.3) is 0 Å². The molecule has 0 aromatic heterocycles. The molecular formula is C76H146O6. The summed E-state index contributed by atoms with van der Waals surface area (Å²) in [5.41, 5.74) is 0. The maximum atomic E-state index is 12.9. The molecule has 0 aliphatic carbocycles. The molecule has 1 atom stereocenters. The monoisotopic (exact) mass is 1160 g/mol. The molecule has 0 aromatic carbocycles. The van der Waals surface area contributed by atoms with Gasteiger partial charge in [0.2, 0.25) is 0 Å². The standard InChI is InChI=1S/C76H146O6/c1-4-7-10-13-16-19-21-23-25-27-29-31-33-34-35-36-37-38-39-40-41-43-44-46-48-50-52-54-57-60-63-66-69-75(78)81-72-73(71-80-74(77)68-65-62-59-56-18-15-12-9-6-3)82-76(79)70-67-64-61-58-55-53-51-49-47-45-42-32-30-28-26-24-22-20-17-14-11-8-5-2/h28,30,73H,4-27,29,31-72H2,1-3H3/b30-28-. The fourth-order valence-electron chi connectivity index (χ4n) is 11.9. The number of carbonyl (C=O) groups excluding carboxylic acids is 3. The van der Waals surface area contributed by atoms with E-state index in [-0.39, 0.29) is 31.1 Å². The normalized spacial score (nSPS) is 12.0. The molecule has 0 saturated carbocycles. The van der Waals surface area contributed by atoms with E-state index in [1.807, 2.05) is 0 Å². The van der Waals surface area contributed by atoms with Crippen LogP contribution in [0.4, 0.5) is 0 Å². The summed E-state index contributed by atoms with van der Waals surface area (Å²) in [6.45, 7) is 6.71. The third-order valence-corrected chi connectivity index (χ3v) is 17.5. The number of hydrogen-bond acceptors (Lipinski definition) is 6. The second-order valence-electron chi connectivity index (χ2n) is 25.9. The van der Waals surface area contributed by atoms with Crippen molar-refractivity contribution in [3.05, 3.63) is 12.2 Å². The van der Waals surface area contributed by atoms with Crippen LogP contribution in [0, 0.1) is 0 Å². The van der Waals surface area contributed by atoms with E-state index >= 15 is 0 Å². The molecule has 0 spiro atoms. The summed E-state index contributed by atoms with van der Waals surface area (Å²) in [4.78, 5) is 38.3. The quantitative estimate of drug-likeness (QED) is 0.0261. The van der Waals surface area contributed by atoms with Crippen molar-refractivity contribution >= 4 is 17.9 Å². The van der Waals surface area contributed by atoms with Crippen LogP contribution < -0.4 is 0 Å². The van der Waals surface area contributed by atoms with Gasteiger partial charge in [0.15, 0.2) is 6.10 Å². The van der Waals surface area contributed by atoms with Gasteiger partial charge in [-0.25, -0.2) is 0 Å². The van der Waals surface area contributed by atoms with Gasteiger partial charge in [-0.1, -0.05) is 386 Å². The van der Waals surface area contributed by atoms with Crippen molar-refractivity contribution in [2.45, 2.75) is 444 Å². The van der Waals surface area contributed by atoms with Crippen LogP contribution in [0.1, 0.15) is 438 Å². The SMILES string of the molecule is CCCCCCCCCC/C=C\CCCCCCCCCCCCCC(=O)OC(COC(=O)CCCCCCCCCCC)COC(=O)CCCCCCCCCCCCCCCCCCCCCCCCCCCCCCCCCC. The van der Waals surface area contributed by atoms with Gasteiger partial charge in [-0.05, 0) is 44.9 Å². The Kier molecular flexibility index (Phi) is 70.0. The summed E-state index contributed by atoms with van der Waals surface area (Å²) in [5, 5.41) is 0. The Morgan fingerprint density at radius 2 is 0.402 bits per heavy atom. The minimum Gasteiger partial charge on any atom is -0.462 e. The van der Waals surface area contributed by atoms with Gasteiger partial charge >= 0.3 is 17.9 Å². The zero-order valence-electron chi connectivity index (χ0n) is 56.1. The lowest BCUT2D eigenvalue weighted by Gasteiger charge is -2.18. The molecule has 0 saturated heterocycles. The first-order valence-electron chi connectivity index (χ1n) is 37.7. The molecule has 6 nitrogen and oxygen atoms in total. The number of carbonyl (C=O) groups is 3. The molecule has 486 valence electrons. The fraction of sp³-hybridized carbons (Fsp3) is 0.934. The smallest absolute Gasteiger partial charge is 0.306 e. The predicted octanol–water partition coefficient (Wildman–Crippen LogP) is 26.0. The Hall–Kier alpha value is -1.85. The van der Waals surface area contributed by atoms with E-state index in [2.05, 4.69) is 32.9 Å². The summed E-state index contributed by atoms with van der Waals surface area (Å²) < 4.78 is 17.0. The van der Waals surface area contributed by atoms with E-state index in [4.69, 9.17) is 14.2 Å². The van der Waals surface area contributed by atoms with Crippen molar-refractivity contribution in [3.63, 3.8) is 0 Å². The van der Waals surface area contributed by atoms with E-state index in [1.165, 1.54) is 340 Å². The number of ether oxygens (including phenoxy) is 3. The number of allylic oxidation sites excluding steroid dienone is 2. The summed E-state index contributed by atoms with van der Waals surface area (Å²) >= 11 is 0. The number of unbranched alkanes of at least 4 members (excludes halogenated alkanes) is 58. The number of rotatable bonds is 71. The molecule has 0 radical (unpaired) electrons. The Balaban J connectivity index is 4.02. The van der Waals surface area contributed by atoms with Crippen LogP contribution in [0.5, 0.6) is 0 Å². The summed E-state index contributed by atoms with van der Waals surface area (Å²) in [7, 11) is 0. The number of hydrogen-bond donors (Lipinski definition) is 0. The van der Waals surface area contributed by atoms with Crippen LogP contribution in [-0.4, -0.2) is 37.2 Å². The van der Waals surface area contributed by atoms with Crippen molar-refractivity contribution in [1.29, 1.82) is 0 Å². The molecule has 0 aliphatic heterocycles. The van der Waals surface area contributed by atoms with Gasteiger partial charge in [0, 0.05) is 19.3 Å². The highest BCUT2D eigenvalue weighted by Crippen LogP contribution is 2.20. The van der Waals surface area contributed by atoms with Crippen molar-refractivity contribution in [2.75, 3.05) is 13.2 Å². The first-order chi connectivity index (χ1) is 40.5. The lowest BCUT2D eigenvalue weighted by atomic mass is 10.0. The first-order valence-corrected chi connectivity index (χ1v) is 37.7. The van der Waals surface area contributed by atoms with Gasteiger partial charge in [0.25, 0.3) is 0 Å². The summed E-state index contributed by atoms with van der Waals surface area (Å²) in [5.74, 6) is -0.833. The molecule has 0 bridgehead atoms. The second kappa shape index (κ2) is 71.6. The van der Waals surface area contributed by atoms with Crippen LogP contribution in [0.2, 0.25) is 0 Å². The Labute approximate surface area is 513 Å². The molecule has 1 unspecified atom stereocenters. The van der Waals surface area contributed by atoms with Crippen LogP contribution in [-0.2, 0) is 28.6 Å². The second-order valence-corrected chi connectivity index (χ2v) is 25.9. The molecule has 0 aromatic rings. The lowest BCUT2D eigenvalue weighted by Crippen LogP contribution is -2.30. The zero-order chi connectivity index (χ0) is 59.2. The molecule has 0 N–H and O–H groups in total. The Bertz CT molecular complexity index is 1280. The highest BCUT2D eigenvalue weighted by atomic mass is 16.6. The Morgan fingerprint density at radius 1 is 0.232 bits per heavy atom. The van der Waals surface area contributed by atoms with E-state index in [1.54, 1.807) is 0 Å². The Morgan fingerprint density at radius 3 is 0.610 bits per heavy atom. The average molecular weight is 1160 g/mol. The van der Waals surface area contributed by atoms with Gasteiger partial charge in [-0.15, -0.1) is 0 Å². The van der Waals surface area contributed by atoms with E-state index < -0.39 is 6.10 Å². The highest BCUT2D eigenvalue weighted by molar-refractivity contribution is 5.71. The van der Waals surface area contributed by atoms with E-state index in [0.29, 0.717) is 19.3 Å². The van der Waals surface area contributed by atoms with Gasteiger partial charge < -0.3 is 14.2 Å². The van der Waals surface area contributed by atoms with Crippen molar-refractivity contribution < 1.29 is 28.6 Å². The van der Waals surface area contributed by atoms with E-state index in [0.717, 1.165) is 57.8 Å². The topological polar surface area (TPSA) is 78.9 Å². The maximum absolute atomic E-state index is 12.9. The van der Waals surface area contributed by atoms with Gasteiger partial charge in [0.05, 0.1) is 0 Å². The molecule has 0 fully saturated rings. The van der Waals surface area contributed by atoms with Crippen molar-refractivity contribution in [1.82, 2.24) is 0 Å². The van der Waals surface area contributed by atoms with Crippen LogP contribution >= 0.6 is 0 Å². The van der Waals surface area contributed by atoms with Crippen molar-refractivity contribution in [2.24, 2.45) is 0 Å². The van der Waals surface area contributed by atoms with Gasteiger partial charge in [-0.3, -0.25) is 14.4 Å². The third-order valence-electron chi connectivity index (χ3n) is 17.5. The van der Waals surface area contributed by atoms with Crippen LogP contribution in [0.3, 0.4) is 0 Å². The zero-order valence-corrected chi connectivity index (χ0v) is 56.1. The minimum atomic E-state index is -0.766.